The van der Waals surface area contributed by atoms with Crippen LogP contribution in [0, 0.1) is 6.92 Å². The number of aromatic amines is 1. The molecule has 0 aliphatic carbocycles. The highest BCUT2D eigenvalue weighted by Gasteiger charge is 2.14. The summed E-state index contributed by atoms with van der Waals surface area (Å²) in [6, 6.07) is 11.7. The minimum atomic E-state index is -0.0971. The molecule has 0 unspecified atom stereocenters. The first kappa shape index (κ1) is 17.2. The van der Waals surface area contributed by atoms with Gasteiger partial charge in [-0.1, -0.05) is 11.6 Å². The van der Waals surface area contributed by atoms with Crippen LogP contribution in [0.2, 0.25) is 0 Å². The number of aryl methyl sites for hydroxylation is 1. The zero-order chi connectivity index (χ0) is 17.8. The molecule has 0 radical (unpaired) electrons. The van der Waals surface area contributed by atoms with Gasteiger partial charge in [-0.05, 0) is 61.8 Å². The van der Waals surface area contributed by atoms with E-state index >= 15 is 0 Å². The highest BCUT2D eigenvalue weighted by Crippen LogP contribution is 2.15. The summed E-state index contributed by atoms with van der Waals surface area (Å²) >= 11 is 5.47. The molecule has 0 aliphatic heterocycles. The van der Waals surface area contributed by atoms with Crippen LogP contribution in [-0.2, 0) is 13.1 Å². The molecule has 5 nitrogen and oxygen atoms in total. The maximum atomic E-state index is 12.5. The van der Waals surface area contributed by atoms with Crippen molar-refractivity contribution in [3.63, 3.8) is 0 Å². The smallest absolute Gasteiger partial charge is 0.253 e. The Hall–Kier alpha value is -2.60. The molecule has 0 aliphatic rings. The number of fused-ring (bicyclic) bond motifs is 1. The SMILES string of the molecule is CCNC(=S)N(Cc1ccco1)Cc1cc2cc(C)ccc2[nH]c1=O. The fourth-order valence-electron chi connectivity index (χ4n) is 2.75. The van der Waals surface area contributed by atoms with Gasteiger partial charge in [0.1, 0.15) is 5.76 Å². The fraction of sp³-hybridized carbons (Fsp3) is 0.263. The standard InChI is InChI=1S/C19H21N3O2S/c1-3-20-19(25)22(12-16-5-4-8-24-16)11-15-10-14-9-13(2)6-7-17(14)21-18(15)23/h4-10H,3,11-12H2,1-2H3,(H,20,25)(H,21,23). The maximum Gasteiger partial charge on any atom is 0.253 e. The van der Waals surface area contributed by atoms with Crippen molar-refractivity contribution in [3.8, 4) is 0 Å². The van der Waals surface area contributed by atoms with E-state index in [1.54, 1.807) is 6.26 Å². The number of nitrogens with one attached hydrogen (secondary N) is 2. The maximum absolute atomic E-state index is 12.5. The van der Waals surface area contributed by atoms with Gasteiger partial charge in [0.2, 0.25) is 0 Å². The molecule has 0 bridgehead atoms. The van der Waals surface area contributed by atoms with Crippen LogP contribution in [0.4, 0.5) is 0 Å². The van der Waals surface area contributed by atoms with Crippen molar-refractivity contribution < 1.29 is 4.42 Å². The van der Waals surface area contributed by atoms with Crippen LogP contribution < -0.4 is 10.9 Å². The number of hydrogen-bond acceptors (Lipinski definition) is 3. The van der Waals surface area contributed by atoms with Crippen LogP contribution in [-0.4, -0.2) is 21.5 Å². The molecule has 2 N–H and O–H groups in total. The molecule has 2 heterocycles. The Morgan fingerprint density at radius 3 is 2.84 bits per heavy atom. The molecule has 0 spiro atoms. The number of aromatic nitrogens is 1. The van der Waals surface area contributed by atoms with E-state index in [0.29, 0.717) is 23.8 Å². The van der Waals surface area contributed by atoms with Crippen LogP contribution in [0.25, 0.3) is 10.9 Å². The van der Waals surface area contributed by atoms with Crippen LogP contribution in [0.15, 0.2) is 51.9 Å². The molecular formula is C19H21N3O2S. The van der Waals surface area contributed by atoms with E-state index in [-0.39, 0.29) is 5.56 Å². The third-order valence-electron chi connectivity index (χ3n) is 3.98. The predicted octanol–water partition coefficient (Wildman–Crippen LogP) is 3.33. The predicted molar refractivity (Wildman–Crippen MR) is 104 cm³/mol. The van der Waals surface area contributed by atoms with E-state index in [2.05, 4.69) is 16.4 Å². The molecule has 25 heavy (non-hydrogen) atoms. The van der Waals surface area contributed by atoms with Crippen LogP contribution in [0.1, 0.15) is 23.8 Å². The lowest BCUT2D eigenvalue weighted by atomic mass is 10.1. The van der Waals surface area contributed by atoms with Gasteiger partial charge < -0.3 is 19.6 Å². The van der Waals surface area contributed by atoms with Gasteiger partial charge in [-0.3, -0.25) is 4.79 Å². The molecule has 0 saturated carbocycles. The lowest BCUT2D eigenvalue weighted by Crippen LogP contribution is -2.39. The molecular weight excluding hydrogens is 334 g/mol. The van der Waals surface area contributed by atoms with Gasteiger partial charge >= 0.3 is 0 Å². The Labute approximate surface area is 151 Å². The van der Waals surface area contributed by atoms with E-state index in [0.717, 1.165) is 28.8 Å². The topological polar surface area (TPSA) is 61.3 Å². The lowest BCUT2D eigenvalue weighted by molar-refractivity contribution is 0.351. The summed E-state index contributed by atoms with van der Waals surface area (Å²) in [6.45, 7) is 5.66. The van der Waals surface area contributed by atoms with Crippen molar-refractivity contribution in [2.45, 2.75) is 26.9 Å². The van der Waals surface area contributed by atoms with Gasteiger partial charge in [-0.15, -0.1) is 0 Å². The molecule has 0 fully saturated rings. The summed E-state index contributed by atoms with van der Waals surface area (Å²) < 4.78 is 5.43. The number of thiocarbonyl (C=S) groups is 1. The average molecular weight is 355 g/mol. The number of rotatable bonds is 5. The van der Waals surface area contributed by atoms with Gasteiger partial charge in [0.05, 0.1) is 19.4 Å². The summed E-state index contributed by atoms with van der Waals surface area (Å²) in [4.78, 5) is 17.4. The number of hydrogen-bond donors (Lipinski definition) is 2. The van der Waals surface area contributed by atoms with E-state index in [1.165, 1.54) is 0 Å². The van der Waals surface area contributed by atoms with Crippen LogP contribution in [0.5, 0.6) is 0 Å². The summed E-state index contributed by atoms with van der Waals surface area (Å²) in [7, 11) is 0. The van der Waals surface area contributed by atoms with Crippen molar-refractivity contribution in [1.29, 1.82) is 0 Å². The molecule has 0 saturated heterocycles. The number of nitrogens with zero attached hydrogens (tertiary/aromatic N) is 1. The van der Waals surface area contributed by atoms with Gasteiger partial charge in [0.25, 0.3) is 5.56 Å². The second kappa shape index (κ2) is 7.53. The van der Waals surface area contributed by atoms with Gasteiger partial charge in [-0.2, -0.15) is 0 Å². The van der Waals surface area contributed by atoms with Crippen LogP contribution >= 0.6 is 12.2 Å². The molecule has 3 rings (SSSR count). The third-order valence-corrected chi connectivity index (χ3v) is 4.38. The van der Waals surface area contributed by atoms with E-state index in [9.17, 15) is 4.79 Å². The second-order valence-electron chi connectivity index (χ2n) is 5.99. The monoisotopic (exact) mass is 355 g/mol. The zero-order valence-electron chi connectivity index (χ0n) is 14.3. The Balaban J connectivity index is 1.92. The summed E-state index contributed by atoms with van der Waals surface area (Å²) in [6.07, 6.45) is 1.63. The highest BCUT2D eigenvalue weighted by atomic mass is 32.1. The Bertz CT molecular complexity index is 931. The molecule has 1 aromatic carbocycles. The molecule has 2 aromatic heterocycles. The van der Waals surface area contributed by atoms with Crippen molar-refractivity contribution in [2.24, 2.45) is 0 Å². The first-order chi connectivity index (χ1) is 12.1. The minimum absolute atomic E-state index is 0.0971. The van der Waals surface area contributed by atoms with Crippen molar-refractivity contribution in [3.05, 3.63) is 69.9 Å². The second-order valence-corrected chi connectivity index (χ2v) is 6.37. The first-order valence-corrected chi connectivity index (χ1v) is 8.65. The molecule has 130 valence electrons. The highest BCUT2D eigenvalue weighted by molar-refractivity contribution is 7.80. The molecule has 0 amide bonds. The van der Waals surface area contributed by atoms with Gasteiger partial charge in [0, 0.05) is 17.6 Å². The van der Waals surface area contributed by atoms with Crippen molar-refractivity contribution >= 4 is 28.2 Å². The number of pyridine rings is 1. The first-order valence-electron chi connectivity index (χ1n) is 8.24. The third kappa shape index (κ3) is 4.09. The minimum Gasteiger partial charge on any atom is -0.467 e. The molecule has 6 heteroatoms. The largest absolute Gasteiger partial charge is 0.467 e. The molecule has 3 aromatic rings. The van der Waals surface area contributed by atoms with Crippen molar-refractivity contribution in [2.75, 3.05) is 6.54 Å². The Kier molecular flexibility index (Phi) is 5.19. The number of benzene rings is 1. The lowest BCUT2D eigenvalue weighted by Gasteiger charge is -2.24. The average Bonchev–Trinajstić information content (AvgIpc) is 3.08. The van der Waals surface area contributed by atoms with Crippen molar-refractivity contribution in [1.82, 2.24) is 15.2 Å². The normalized spacial score (nSPS) is 10.8. The van der Waals surface area contributed by atoms with E-state index in [4.69, 9.17) is 16.6 Å². The summed E-state index contributed by atoms with van der Waals surface area (Å²) in [5, 5.41) is 4.76. The van der Waals surface area contributed by atoms with E-state index < -0.39 is 0 Å². The summed E-state index contributed by atoms with van der Waals surface area (Å²) in [5.41, 5.74) is 2.57. The van der Waals surface area contributed by atoms with E-state index in [1.807, 2.05) is 49.1 Å². The zero-order valence-corrected chi connectivity index (χ0v) is 15.2. The Morgan fingerprint density at radius 2 is 2.12 bits per heavy atom. The molecule has 0 atom stereocenters. The van der Waals surface area contributed by atoms with Gasteiger partial charge in [-0.25, -0.2) is 0 Å². The Morgan fingerprint density at radius 1 is 1.28 bits per heavy atom. The van der Waals surface area contributed by atoms with Gasteiger partial charge in [0.15, 0.2) is 5.11 Å². The van der Waals surface area contributed by atoms with Crippen LogP contribution in [0.3, 0.4) is 0 Å². The summed E-state index contributed by atoms with van der Waals surface area (Å²) in [5.74, 6) is 0.799. The quantitative estimate of drug-likeness (QED) is 0.688. The number of furan rings is 1. The number of H-pyrrole nitrogens is 1. The fourth-order valence-corrected chi connectivity index (χ4v) is 3.02.